The molecule has 0 spiro atoms. The van der Waals surface area contributed by atoms with Gasteiger partial charge in [-0.05, 0) is 50.3 Å². The number of carbonyl (C=O) groups excluding carboxylic acids is 1. The van der Waals surface area contributed by atoms with Crippen LogP contribution >= 0.6 is 12.2 Å². The third-order valence-electron chi connectivity index (χ3n) is 5.19. The van der Waals surface area contributed by atoms with Crippen LogP contribution in [0.1, 0.15) is 25.5 Å². The molecule has 1 aliphatic rings. The second kappa shape index (κ2) is 9.21. The van der Waals surface area contributed by atoms with Crippen molar-refractivity contribution in [2.45, 2.75) is 19.9 Å². The van der Waals surface area contributed by atoms with E-state index in [4.69, 9.17) is 22.1 Å². The van der Waals surface area contributed by atoms with Gasteiger partial charge in [0.25, 0.3) is 5.69 Å². The normalized spacial score (nSPS) is 15.6. The monoisotopic (exact) mass is 463 g/mol. The number of benzene rings is 2. The zero-order chi connectivity index (χ0) is 23.5. The van der Waals surface area contributed by atoms with E-state index in [1.165, 1.54) is 12.1 Å². The van der Waals surface area contributed by atoms with E-state index < -0.39 is 16.9 Å². The fourth-order valence-corrected chi connectivity index (χ4v) is 3.95. The van der Waals surface area contributed by atoms with Gasteiger partial charge < -0.3 is 15.4 Å². The number of hydrogen-bond acceptors (Lipinski definition) is 6. The Labute approximate surface area is 195 Å². The highest BCUT2D eigenvalue weighted by molar-refractivity contribution is 7.80. The van der Waals surface area contributed by atoms with Crippen molar-refractivity contribution in [2.75, 3.05) is 6.61 Å². The smallest absolute Gasteiger partial charge is 0.338 e. The van der Waals surface area contributed by atoms with Crippen molar-refractivity contribution in [1.82, 2.24) is 20.4 Å². The summed E-state index contributed by atoms with van der Waals surface area (Å²) in [6.07, 6.45) is 1.82. The predicted octanol–water partition coefficient (Wildman–Crippen LogP) is 3.80. The van der Waals surface area contributed by atoms with Crippen LogP contribution in [0.5, 0.6) is 0 Å². The number of nitrogens with one attached hydrogen (secondary N) is 2. The summed E-state index contributed by atoms with van der Waals surface area (Å²) in [6, 6.07) is 15.0. The number of hydrogen-bond donors (Lipinski definition) is 2. The Morgan fingerprint density at radius 3 is 2.55 bits per heavy atom. The summed E-state index contributed by atoms with van der Waals surface area (Å²) in [4.78, 5) is 23.5. The Morgan fingerprint density at radius 2 is 1.91 bits per heavy atom. The van der Waals surface area contributed by atoms with E-state index in [9.17, 15) is 14.9 Å². The summed E-state index contributed by atoms with van der Waals surface area (Å²) in [5.41, 5.74) is 3.68. The molecule has 0 fully saturated rings. The number of nitro groups is 1. The van der Waals surface area contributed by atoms with Crippen LogP contribution in [0.25, 0.3) is 16.9 Å². The van der Waals surface area contributed by atoms with Gasteiger partial charge in [0.05, 0.1) is 34.5 Å². The maximum atomic E-state index is 12.8. The molecule has 0 radical (unpaired) electrons. The van der Waals surface area contributed by atoms with Gasteiger partial charge in [0.2, 0.25) is 0 Å². The summed E-state index contributed by atoms with van der Waals surface area (Å²) in [7, 11) is 0. The van der Waals surface area contributed by atoms with E-state index in [0.29, 0.717) is 33.2 Å². The average Bonchev–Trinajstić information content (AvgIpc) is 3.25. The Balaban J connectivity index is 1.89. The second-order valence-electron chi connectivity index (χ2n) is 7.31. The lowest BCUT2D eigenvalue weighted by atomic mass is 9.94. The number of esters is 1. The molecule has 1 unspecified atom stereocenters. The van der Waals surface area contributed by atoms with E-state index in [1.807, 2.05) is 36.5 Å². The van der Waals surface area contributed by atoms with Crippen LogP contribution in [-0.2, 0) is 9.53 Å². The molecule has 0 amide bonds. The molecule has 0 saturated heterocycles. The van der Waals surface area contributed by atoms with Crippen molar-refractivity contribution in [3.8, 4) is 16.9 Å². The van der Waals surface area contributed by atoms with Crippen LogP contribution in [0.15, 0.2) is 72.1 Å². The lowest BCUT2D eigenvalue weighted by Crippen LogP contribution is -2.45. The topological polar surface area (TPSA) is 111 Å². The molecule has 10 heteroatoms. The SMILES string of the molecule is CCOC(=O)C1=C(C)NC(=S)NC1c1cn(-c2ccccc2)nc1-c1ccc([N+](=O)[O-])cc1. The molecule has 1 aromatic heterocycles. The largest absolute Gasteiger partial charge is 0.463 e. The molecule has 2 N–H and O–H groups in total. The van der Waals surface area contributed by atoms with Crippen LogP contribution in [0.4, 0.5) is 5.69 Å². The number of nitro benzene ring substituents is 1. The number of non-ortho nitro benzene ring substituents is 1. The molecule has 0 aliphatic carbocycles. The van der Waals surface area contributed by atoms with Gasteiger partial charge in [-0.3, -0.25) is 10.1 Å². The van der Waals surface area contributed by atoms with Crippen LogP contribution < -0.4 is 10.6 Å². The van der Waals surface area contributed by atoms with Crippen molar-refractivity contribution >= 4 is 29.0 Å². The number of allylic oxidation sites excluding steroid dienone is 1. The molecule has 0 bridgehead atoms. The van der Waals surface area contributed by atoms with Gasteiger partial charge in [-0.2, -0.15) is 5.10 Å². The van der Waals surface area contributed by atoms with E-state index in [0.717, 1.165) is 5.69 Å². The minimum atomic E-state index is -0.625. The van der Waals surface area contributed by atoms with Crippen LogP contribution in [-0.4, -0.2) is 32.4 Å². The average molecular weight is 464 g/mol. The summed E-state index contributed by atoms with van der Waals surface area (Å²) >= 11 is 5.36. The van der Waals surface area contributed by atoms with Crippen LogP contribution in [0.3, 0.4) is 0 Å². The van der Waals surface area contributed by atoms with Gasteiger partial charge in [-0.1, -0.05) is 18.2 Å². The number of aromatic nitrogens is 2. The molecule has 9 nitrogen and oxygen atoms in total. The van der Waals surface area contributed by atoms with Crippen molar-refractivity contribution in [3.05, 3.63) is 87.7 Å². The summed E-state index contributed by atoms with van der Waals surface area (Å²) in [5.74, 6) is -0.468. The first-order chi connectivity index (χ1) is 15.9. The Morgan fingerprint density at radius 1 is 1.21 bits per heavy atom. The second-order valence-corrected chi connectivity index (χ2v) is 7.72. The first-order valence-electron chi connectivity index (χ1n) is 10.2. The Kier molecular flexibility index (Phi) is 6.18. The van der Waals surface area contributed by atoms with Gasteiger partial charge in [-0.25, -0.2) is 9.48 Å². The number of nitrogens with zero attached hydrogens (tertiary/aromatic N) is 3. The van der Waals surface area contributed by atoms with Crippen LogP contribution in [0, 0.1) is 10.1 Å². The van der Waals surface area contributed by atoms with Crippen molar-refractivity contribution in [1.29, 1.82) is 0 Å². The first kappa shape index (κ1) is 22.2. The number of rotatable bonds is 6. The lowest BCUT2D eigenvalue weighted by molar-refractivity contribution is -0.384. The van der Waals surface area contributed by atoms with Gasteiger partial charge in [0.1, 0.15) is 0 Å². The highest BCUT2D eigenvalue weighted by Gasteiger charge is 2.34. The van der Waals surface area contributed by atoms with E-state index in [-0.39, 0.29) is 12.3 Å². The molecule has 2 heterocycles. The molecule has 0 saturated carbocycles. The van der Waals surface area contributed by atoms with Gasteiger partial charge >= 0.3 is 5.97 Å². The molecule has 1 aliphatic heterocycles. The zero-order valence-corrected chi connectivity index (χ0v) is 18.8. The maximum Gasteiger partial charge on any atom is 0.338 e. The first-order valence-corrected chi connectivity index (χ1v) is 10.6. The van der Waals surface area contributed by atoms with E-state index >= 15 is 0 Å². The summed E-state index contributed by atoms with van der Waals surface area (Å²) < 4.78 is 7.00. The maximum absolute atomic E-state index is 12.8. The molecule has 33 heavy (non-hydrogen) atoms. The van der Waals surface area contributed by atoms with Crippen molar-refractivity contribution < 1.29 is 14.5 Å². The number of carbonyl (C=O) groups is 1. The standard InChI is InChI=1S/C23H21N5O4S/c1-3-32-22(29)19-14(2)24-23(33)25-21(19)18-13-27(16-7-5-4-6-8-16)26-20(18)15-9-11-17(12-10-15)28(30)31/h4-13,21H,3H2,1-2H3,(H2,24,25,33). The minimum Gasteiger partial charge on any atom is -0.463 e. The quantitative estimate of drug-likeness (QED) is 0.246. The lowest BCUT2D eigenvalue weighted by Gasteiger charge is -2.29. The van der Waals surface area contributed by atoms with Gasteiger partial charge in [0, 0.05) is 35.2 Å². The fourth-order valence-electron chi connectivity index (χ4n) is 3.68. The molecular formula is C23H21N5O4S. The molecule has 2 aromatic carbocycles. The van der Waals surface area contributed by atoms with E-state index in [1.54, 1.807) is 30.7 Å². The highest BCUT2D eigenvalue weighted by atomic mass is 32.1. The van der Waals surface area contributed by atoms with Crippen LogP contribution in [0.2, 0.25) is 0 Å². The van der Waals surface area contributed by atoms with Gasteiger partial charge in [-0.15, -0.1) is 0 Å². The fraction of sp³-hybridized carbons (Fsp3) is 0.174. The summed E-state index contributed by atoms with van der Waals surface area (Å²) in [6.45, 7) is 3.73. The Hall–Kier alpha value is -4.05. The highest BCUT2D eigenvalue weighted by Crippen LogP contribution is 2.35. The molecule has 168 valence electrons. The minimum absolute atomic E-state index is 0.0214. The zero-order valence-electron chi connectivity index (χ0n) is 17.9. The third-order valence-corrected chi connectivity index (χ3v) is 5.41. The number of thiocarbonyl (C=S) groups is 1. The molecule has 1 atom stereocenters. The molecular weight excluding hydrogens is 442 g/mol. The van der Waals surface area contributed by atoms with Crippen molar-refractivity contribution in [3.63, 3.8) is 0 Å². The van der Waals surface area contributed by atoms with E-state index in [2.05, 4.69) is 10.6 Å². The Bertz CT molecular complexity index is 1250. The molecule has 4 rings (SSSR count). The predicted molar refractivity (Wildman–Crippen MR) is 127 cm³/mol. The van der Waals surface area contributed by atoms with Crippen molar-refractivity contribution in [2.24, 2.45) is 0 Å². The number of para-hydroxylation sites is 1. The van der Waals surface area contributed by atoms with Gasteiger partial charge in [0.15, 0.2) is 5.11 Å². The third kappa shape index (κ3) is 4.46. The summed E-state index contributed by atoms with van der Waals surface area (Å²) in [5, 5.41) is 22.4. The molecule has 3 aromatic rings. The number of ether oxygens (including phenoxy) is 1.